The van der Waals surface area contributed by atoms with Gasteiger partial charge in [0.25, 0.3) is 15.9 Å². The second kappa shape index (κ2) is 11.3. The van der Waals surface area contributed by atoms with Crippen molar-refractivity contribution in [3.8, 4) is 28.7 Å². The van der Waals surface area contributed by atoms with Crippen LogP contribution in [-0.4, -0.2) is 47.9 Å². The molecule has 0 radical (unpaired) electrons. The number of hydrogen-bond acceptors (Lipinski definition) is 9. The molecule has 0 saturated heterocycles. The average Bonchev–Trinajstić information content (AvgIpc) is 2.96. The zero-order chi connectivity index (χ0) is 28.2. The van der Waals surface area contributed by atoms with Gasteiger partial charge in [-0.1, -0.05) is 24.3 Å². The van der Waals surface area contributed by atoms with Crippen molar-refractivity contribution in [3.63, 3.8) is 0 Å². The van der Waals surface area contributed by atoms with Gasteiger partial charge in [-0.15, -0.1) is 10.2 Å². The molecule has 2 N–H and O–H groups in total. The highest BCUT2D eigenvalue weighted by atomic mass is 32.2. The lowest BCUT2D eigenvalue weighted by Crippen LogP contribution is -2.13. The lowest BCUT2D eigenvalue weighted by atomic mass is 10.1. The highest BCUT2D eigenvalue weighted by Crippen LogP contribution is 2.41. The third kappa shape index (κ3) is 5.55. The number of ether oxygens (including phenoxy) is 4. The standard InChI is InChI=1S/C27H25N3O8S/c1-35-17-9-11-18(12-10-17)39(33,34)30-21-15-22(25(31)20-8-6-5-7-19(20)21)28-29-27(32)16-13-23(36-2)26(38-4)24(14-16)37-3/h5-15,30-31H,1-4H3. The van der Waals surface area contributed by atoms with Crippen LogP contribution in [0.5, 0.6) is 28.7 Å². The van der Waals surface area contributed by atoms with Crippen molar-refractivity contribution in [1.29, 1.82) is 0 Å². The summed E-state index contributed by atoms with van der Waals surface area (Å²) in [6.07, 6.45) is 0. The number of rotatable bonds is 9. The van der Waals surface area contributed by atoms with E-state index in [1.165, 1.54) is 70.9 Å². The molecular weight excluding hydrogens is 526 g/mol. The fourth-order valence-electron chi connectivity index (χ4n) is 3.83. The third-order valence-electron chi connectivity index (χ3n) is 5.77. The molecule has 4 aromatic carbocycles. The van der Waals surface area contributed by atoms with Gasteiger partial charge in [-0.25, -0.2) is 8.42 Å². The minimum absolute atomic E-state index is 0.00112. The minimum Gasteiger partial charge on any atom is -0.505 e. The normalized spacial score (nSPS) is 11.4. The number of hydrogen-bond donors (Lipinski definition) is 2. The van der Waals surface area contributed by atoms with Crippen molar-refractivity contribution < 1.29 is 37.3 Å². The number of carbonyl (C=O) groups excluding carboxylic acids is 1. The molecular formula is C27H25N3O8S. The molecule has 0 atom stereocenters. The van der Waals surface area contributed by atoms with Gasteiger partial charge in [0.05, 0.1) is 44.6 Å². The van der Waals surface area contributed by atoms with Crippen LogP contribution in [-0.2, 0) is 10.0 Å². The fraction of sp³-hybridized carbons (Fsp3) is 0.148. The van der Waals surface area contributed by atoms with Crippen molar-refractivity contribution in [2.75, 3.05) is 33.2 Å². The van der Waals surface area contributed by atoms with Gasteiger partial charge < -0.3 is 24.1 Å². The van der Waals surface area contributed by atoms with Gasteiger partial charge in [0.2, 0.25) is 5.75 Å². The minimum atomic E-state index is -4.02. The highest BCUT2D eigenvalue weighted by molar-refractivity contribution is 7.92. The Kier molecular flexibility index (Phi) is 7.86. The van der Waals surface area contributed by atoms with Crippen LogP contribution < -0.4 is 23.7 Å². The number of carbonyl (C=O) groups is 1. The zero-order valence-corrected chi connectivity index (χ0v) is 22.3. The summed E-state index contributed by atoms with van der Waals surface area (Å²) in [5, 5.41) is 19.2. The highest BCUT2D eigenvalue weighted by Gasteiger charge is 2.20. The molecule has 0 saturated carbocycles. The van der Waals surface area contributed by atoms with E-state index in [0.29, 0.717) is 22.3 Å². The Hall–Kier alpha value is -4.84. The molecule has 0 bridgehead atoms. The van der Waals surface area contributed by atoms with Crippen LogP contribution in [0.25, 0.3) is 10.8 Å². The molecule has 0 aromatic heterocycles. The largest absolute Gasteiger partial charge is 0.505 e. The van der Waals surface area contributed by atoms with Gasteiger partial charge in [0.1, 0.15) is 11.4 Å². The summed E-state index contributed by atoms with van der Waals surface area (Å²) in [6, 6.07) is 16.6. The number of amides is 1. The maximum atomic E-state index is 13.1. The SMILES string of the molecule is COc1ccc(S(=O)(=O)Nc2cc(N=NC(=O)c3cc(OC)c(OC)c(OC)c3)c(O)c3ccccc23)cc1. The Morgan fingerprint density at radius 3 is 2.00 bits per heavy atom. The molecule has 0 spiro atoms. The first-order chi connectivity index (χ1) is 18.7. The fourth-order valence-corrected chi connectivity index (χ4v) is 4.90. The van der Waals surface area contributed by atoms with E-state index in [4.69, 9.17) is 18.9 Å². The Bertz CT molecular complexity index is 1640. The lowest BCUT2D eigenvalue weighted by molar-refractivity contribution is 0.0994. The summed E-state index contributed by atoms with van der Waals surface area (Å²) in [7, 11) is 1.72. The van der Waals surface area contributed by atoms with Crippen LogP contribution in [0.2, 0.25) is 0 Å². The number of phenols is 1. The van der Waals surface area contributed by atoms with Crippen molar-refractivity contribution in [2.45, 2.75) is 4.90 Å². The van der Waals surface area contributed by atoms with E-state index in [0.717, 1.165) is 0 Å². The number of benzene rings is 4. The molecule has 4 aromatic rings. The number of phenolic OH excluding ortho intramolecular Hbond substituents is 1. The Morgan fingerprint density at radius 1 is 0.821 bits per heavy atom. The molecule has 202 valence electrons. The topological polar surface area (TPSA) is 145 Å². The van der Waals surface area contributed by atoms with E-state index in [1.807, 2.05) is 0 Å². The van der Waals surface area contributed by atoms with E-state index in [2.05, 4.69) is 15.0 Å². The number of nitrogens with zero attached hydrogens (tertiary/aromatic N) is 2. The van der Waals surface area contributed by atoms with Crippen LogP contribution in [0.15, 0.2) is 81.9 Å². The molecule has 39 heavy (non-hydrogen) atoms. The maximum Gasteiger partial charge on any atom is 0.295 e. The van der Waals surface area contributed by atoms with Crippen LogP contribution in [0.1, 0.15) is 10.4 Å². The van der Waals surface area contributed by atoms with E-state index < -0.39 is 15.9 Å². The Balaban J connectivity index is 1.73. The average molecular weight is 552 g/mol. The number of anilines is 1. The van der Waals surface area contributed by atoms with Crippen molar-refractivity contribution in [2.24, 2.45) is 10.2 Å². The third-order valence-corrected chi connectivity index (χ3v) is 7.15. The summed E-state index contributed by atoms with van der Waals surface area (Å²) in [6.45, 7) is 0. The van der Waals surface area contributed by atoms with E-state index in [9.17, 15) is 18.3 Å². The Morgan fingerprint density at radius 2 is 1.44 bits per heavy atom. The lowest BCUT2D eigenvalue weighted by Gasteiger charge is -2.13. The summed E-state index contributed by atoms with van der Waals surface area (Å²) in [5.74, 6) is 0.262. The molecule has 4 rings (SSSR count). The second-order valence-electron chi connectivity index (χ2n) is 8.04. The van der Waals surface area contributed by atoms with Gasteiger partial charge in [-0.3, -0.25) is 9.52 Å². The first-order valence-electron chi connectivity index (χ1n) is 11.4. The summed E-state index contributed by atoms with van der Waals surface area (Å²) < 4.78 is 49.6. The zero-order valence-electron chi connectivity index (χ0n) is 21.5. The Labute approximate surface area is 224 Å². The number of nitrogens with one attached hydrogen (secondary N) is 1. The summed E-state index contributed by atoms with van der Waals surface area (Å²) >= 11 is 0. The number of methoxy groups -OCH3 is 4. The molecule has 0 heterocycles. The number of azo groups is 1. The van der Waals surface area contributed by atoms with Crippen LogP contribution >= 0.6 is 0 Å². The maximum absolute atomic E-state index is 13.1. The molecule has 0 aliphatic rings. The van der Waals surface area contributed by atoms with Gasteiger partial charge in [-0.2, -0.15) is 0 Å². The van der Waals surface area contributed by atoms with Gasteiger partial charge in [-0.05, 0) is 42.5 Å². The van der Waals surface area contributed by atoms with Crippen molar-refractivity contribution in [1.82, 2.24) is 0 Å². The molecule has 12 heteroatoms. The van der Waals surface area contributed by atoms with Crippen LogP contribution in [0.4, 0.5) is 11.4 Å². The molecule has 0 unspecified atom stereocenters. The quantitative estimate of drug-likeness (QED) is 0.210. The van der Waals surface area contributed by atoms with Crippen molar-refractivity contribution >= 4 is 38.1 Å². The smallest absolute Gasteiger partial charge is 0.295 e. The predicted octanol–water partition coefficient (Wildman–Crippen LogP) is 5.30. The monoisotopic (exact) mass is 551 g/mol. The summed E-state index contributed by atoms with van der Waals surface area (Å²) in [4.78, 5) is 12.9. The van der Waals surface area contributed by atoms with Gasteiger partial charge in [0, 0.05) is 10.8 Å². The number of fused-ring (bicyclic) bond motifs is 1. The molecule has 0 aliphatic heterocycles. The number of aromatic hydroxyl groups is 1. The molecule has 0 fully saturated rings. The first-order valence-corrected chi connectivity index (χ1v) is 12.9. The molecule has 0 aliphatic carbocycles. The van der Waals surface area contributed by atoms with Crippen LogP contribution in [0, 0.1) is 0 Å². The van der Waals surface area contributed by atoms with E-state index in [1.54, 1.807) is 24.3 Å². The first kappa shape index (κ1) is 27.2. The van der Waals surface area contributed by atoms with E-state index >= 15 is 0 Å². The van der Waals surface area contributed by atoms with Gasteiger partial charge >= 0.3 is 0 Å². The summed E-state index contributed by atoms with van der Waals surface area (Å²) in [5.41, 5.74) is 0.101. The number of sulfonamides is 1. The predicted molar refractivity (Wildman–Crippen MR) is 144 cm³/mol. The van der Waals surface area contributed by atoms with Crippen LogP contribution in [0.3, 0.4) is 0 Å². The molecule has 1 amide bonds. The van der Waals surface area contributed by atoms with E-state index in [-0.39, 0.29) is 39.1 Å². The van der Waals surface area contributed by atoms with Crippen molar-refractivity contribution in [3.05, 3.63) is 72.3 Å². The second-order valence-corrected chi connectivity index (χ2v) is 9.72. The van der Waals surface area contributed by atoms with Gasteiger partial charge in [0.15, 0.2) is 17.2 Å². The molecule has 11 nitrogen and oxygen atoms in total.